The molecule has 1 heterocycles. The maximum absolute atomic E-state index is 13.1. The van der Waals surface area contributed by atoms with Crippen molar-refractivity contribution in [1.82, 2.24) is 0 Å². The molecule has 1 fully saturated rings. The fourth-order valence-electron chi connectivity index (χ4n) is 1.09. The fraction of sp³-hybridized carbons (Fsp3) is 1.00. The van der Waals surface area contributed by atoms with Gasteiger partial charge in [0.1, 0.15) is 26.7 Å². The molecule has 1 aliphatic heterocycles. The molecule has 3 N–H and O–H groups in total. The average Bonchev–Trinajstić information content (AvgIpc) is 2.17. The lowest BCUT2D eigenvalue weighted by molar-refractivity contribution is -0.186. The van der Waals surface area contributed by atoms with E-state index < -0.39 is 30.7 Å². The lowest BCUT2D eigenvalue weighted by Crippen LogP contribution is -2.42. The second kappa shape index (κ2) is 2.71. The van der Waals surface area contributed by atoms with Gasteiger partial charge in [-0.3, -0.25) is 0 Å². The van der Waals surface area contributed by atoms with Gasteiger partial charge in [0.15, 0.2) is 0 Å². The van der Waals surface area contributed by atoms with Gasteiger partial charge in [-0.05, 0) is 0 Å². The molecule has 0 unspecified atom stereocenters. The third-order valence-electron chi connectivity index (χ3n) is 1.84. The van der Waals surface area contributed by atoms with E-state index in [0.717, 1.165) is 0 Å². The van der Waals surface area contributed by atoms with Crippen LogP contribution in [-0.2, 0) is 4.74 Å². The molecule has 4 atom stereocenters. The van der Waals surface area contributed by atoms with Crippen LogP contribution in [-0.4, -0.2) is 53.8 Å². The molecule has 0 saturated carbocycles. The fourth-order valence-corrected chi connectivity index (χ4v) is 1.09. The highest BCUT2D eigenvalue weighted by Crippen LogP contribution is 2.30. The summed E-state index contributed by atoms with van der Waals surface area (Å²) in [5.74, 6) is -2.50. The van der Waals surface area contributed by atoms with Crippen molar-refractivity contribution < 1.29 is 24.4 Å². The summed E-state index contributed by atoms with van der Waals surface area (Å²) in [5.41, 5.74) is 0. The SMILES string of the molecule is B[C@@H]1O[C@](F)(CO)[C@@H](O)[C@H]1O. The molecule has 0 aromatic rings. The average molecular weight is 164 g/mol. The van der Waals surface area contributed by atoms with Crippen molar-refractivity contribution in [3.63, 3.8) is 0 Å². The Morgan fingerprint density at radius 3 is 2.27 bits per heavy atom. The zero-order chi connectivity index (χ0) is 8.65. The van der Waals surface area contributed by atoms with Gasteiger partial charge in [0.05, 0.1) is 6.00 Å². The minimum Gasteiger partial charge on any atom is -0.390 e. The maximum Gasteiger partial charge on any atom is 0.260 e. The van der Waals surface area contributed by atoms with Crippen molar-refractivity contribution in [2.45, 2.75) is 24.1 Å². The molecule has 1 saturated heterocycles. The summed E-state index contributed by atoms with van der Waals surface area (Å²) >= 11 is 0. The lowest BCUT2D eigenvalue weighted by atomic mass is 9.93. The number of aliphatic hydroxyl groups is 3. The molecule has 64 valence electrons. The van der Waals surface area contributed by atoms with Crippen LogP contribution in [0.1, 0.15) is 0 Å². The number of halogens is 1. The van der Waals surface area contributed by atoms with E-state index in [0.29, 0.717) is 0 Å². The van der Waals surface area contributed by atoms with Crippen LogP contribution >= 0.6 is 0 Å². The topological polar surface area (TPSA) is 69.9 Å². The summed E-state index contributed by atoms with van der Waals surface area (Å²) in [7, 11) is 1.42. The van der Waals surface area contributed by atoms with Gasteiger partial charge < -0.3 is 20.1 Å². The Morgan fingerprint density at radius 1 is 1.55 bits per heavy atom. The summed E-state index contributed by atoms with van der Waals surface area (Å²) in [6.45, 7) is -0.949. The Labute approximate surface area is 64.0 Å². The van der Waals surface area contributed by atoms with E-state index in [1.165, 1.54) is 7.85 Å². The molecule has 6 heteroatoms. The quantitative estimate of drug-likeness (QED) is 0.370. The van der Waals surface area contributed by atoms with E-state index in [-0.39, 0.29) is 0 Å². The van der Waals surface area contributed by atoms with Gasteiger partial charge in [-0.2, -0.15) is 0 Å². The van der Waals surface area contributed by atoms with Crippen LogP contribution in [0.2, 0.25) is 0 Å². The summed E-state index contributed by atoms with van der Waals surface area (Å²) in [4.78, 5) is 0. The lowest BCUT2D eigenvalue weighted by Gasteiger charge is -2.19. The summed E-state index contributed by atoms with van der Waals surface area (Å²) in [5, 5.41) is 26.4. The molecule has 0 bridgehead atoms. The Bertz CT molecular complexity index is 157. The molecule has 0 radical (unpaired) electrons. The minimum absolute atomic E-state index is 0.790. The third kappa shape index (κ3) is 1.27. The standard InChI is InChI=1S/C5H10BFO4/c6-4-2(9)3(10)5(7,1-8)11-4/h2-4,8-10H,1,6H2/t2-,3+,4-,5-/m1/s1. The monoisotopic (exact) mass is 164 g/mol. The molecule has 1 rings (SSSR count). The Balaban J connectivity index is 2.73. The zero-order valence-corrected chi connectivity index (χ0v) is 6.07. The number of rotatable bonds is 1. The molecule has 0 aromatic carbocycles. The normalized spacial score (nSPS) is 51.5. The first kappa shape index (κ1) is 8.93. The molecule has 0 amide bonds. The highest BCUT2D eigenvalue weighted by Gasteiger charge is 2.52. The van der Waals surface area contributed by atoms with E-state index in [1.807, 2.05) is 0 Å². The Kier molecular flexibility index (Phi) is 2.20. The van der Waals surface area contributed by atoms with Gasteiger partial charge >= 0.3 is 0 Å². The van der Waals surface area contributed by atoms with E-state index in [1.54, 1.807) is 0 Å². The van der Waals surface area contributed by atoms with Gasteiger partial charge in [0.25, 0.3) is 5.85 Å². The second-order valence-electron chi connectivity index (χ2n) is 2.70. The molecular weight excluding hydrogens is 154 g/mol. The Hall–Kier alpha value is -0.165. The third-order valence-corrected chi connectivity index (χ3v) is 1.84. The number of hydrogen-bond acceptors (Lipinski definition) is 4. The Morgan fingerprint density at radius 2 is 2.09 bits per heavy atom. The summed E-state index contributed by atoms with van der Waals surface area (Å²) in [6.07, 6.45) is -2.94. The zero-order valence-electron chi connectivity index (χ0n) is 6.07. The predicted octanol–water partition coefficient (Wildman–Crippen LogP) is -2.64. The summed E-state index contributed by atoms with van der Waals surface area (Å²) < 4.78 is 17.6. The molecule has 1 aliphatic rings. The molecule has 11 heavy (non-hydrogen) atoms. The van der Waals surface area contributed by atoms with Crippen LogP contribution in [0.25, 0.3) is 0 Å². The summed E-state index contributed by atoms with van der Waals surface area (Å²) in [6, 6.07) is -0.790. The minimum atomic E-state index is -2.50. The van der Waals surface area contributed by atoms with Crippen LogP contribution in [0, 0.1) is 0 Å². The van der Waals surface area contributed by atoms with E-state index >= 15 is 0 Å². The van der Waals surface area contributed by atoms with Crippen molar-refractivity contribution in [3.8, 4) is 0 Å². The van der Waals surface area contributed by atoms with Crippen molar-refractivity contribution >= 4 is 7.85 Å². The smallest absolute Gasteiger partial charge is 0.260 e. The van der Waals surface area contributed by atoms with Crippen LogP contribution in [0.15, 0.2) is 0 Å². The van der Waals surface area contributed by atoms with Gasteiger partial charge in [0, 0.05) is 0 Å². The van der Waals surface area contributed by atoms with E-state index in [2.05, 4.69) is 4.74 Å². The first-order valence-corrected chi connectivity index (χ1v) is 3.35. The number of ether oxygens (including phenoxy) is 1. The van der Waals surface area contributed by atoms with Gasteiger partial charge in [-0.15, -0.1) is 0 Å². The van der Waals surface area contributed by atoms with Crippen molar-refractivity contribution in [1.29, 1.82) is 0 Å². The second-order valence-corrected chi connectivity index (χ2v) is 2.70. The van der Waals surface area contributed by atoms with E-state index in [9.17, 15) is 4.39 Å². The van der Waals surface area contributed by atoms with Crippen LogP contribution in [0.5, 0.6) is 0 Å². The number of aliphatic hydroxyl groups excluding tert-OH is 3. The van der Waals surface area contributed by atoms with Gasteiger partial charge in [0.2, 0.25) is 0 Å². The molecule has 4 nitrogen and oxygen atoms in total. The molecular formula is C5H10BFO4. The maximum atomic E-state index is 13.1. The number of alkyl halides is 1. The van der Waals surface area contributed by atoms with Crippen molar-refractivity contribution in [2.75, 3.05) is 6.61 Å². The van der Waals surface area contributed by atoms with Gasteiger partial charge in [-0.1, -0.05) is 0 Å². The van der Waals surface area contributed by atoms with Crippen LogP contribution < -0.4 is 0 Å². The van der Waals surface area contributed by atoms with E-state index in [4.69, 9.17) is 15.3 Å². The highest BCUT2D eigenvalue weighted by atomic mass is 19.2. The van der Waals surface area contributed by atoms with Crippen molar-refractivity contribution in [2.24, 2.45) is 0 Å². The number of hydrogen-bond donors (Lipinski definition) is 3. The molecule has 0 aliphatic carbocycles. The van der Waals surface area contributed by atoms with Crippen LogP contribution in [0.3, 0.4) is 0 Å². The first-order valence-electron chi connectivity index (χ1n) is 3.35. The predicted molar refractivity (Wildman–Crippen MR) is 36.4 cm³/mol. The molecule has 0 aromatic heterocycles. The van der Waals surface area contributed by atoms with Crippen LogP contribution in [0.4, 0.5) is 4.39 Å². The first-order chi connectivity index (χ1) is 5.01. The largest absolute Gasteiger partial charge is 0.390 e. The molecule has 0 spiro atoms. The van der Waals surface area contributed by atoms with Gasteiger partial charge in [-0.25, -0.2) is 4.39 Å². The highest BCUT2D eigenvalue weighted by molar-refractivity contribution is 6.11. The van der Waals surface area contributed by atoms with Crippen molar-refractivity contribution in [3.05, 3.63) is 0 Å².